The minimum absolute atomic E-state index is 0.167. The fourth-order valence-corrected chi connectivity index (χ4v) is 8.61. The summed E-state index contributed by atoms with van der Waals surface area (Å²) in [6.45, 7) is 2.86. The number of aliphatic carboxylic acids is 1. The van der Waals surface area contributed by atoms with Crippen LogP contribution in [0.4, 0.5) is 0 Å². The van der Waals surface area contributed by atoms with Gasteiger partial charge in [0.15, 0.2) is 6.10 Å². The van der Waals surface area contributed by atoms with Gasteiger partial charge in [0.05, 0.1) is 13.2 Å². The van der Waals surface area contributed by atoms with Crippen LogP contribution in [0.3, 0.4) is 0 Å². The van der Waals surface area contributed by atoms with E-state index in [-0.39, 0.29) is 19.4 Å². The molecule has 0 aliphatic rings. The highest BCUT2D eigenvalue weighted by atomic mass is 31.2. The van der Waals surface area contributed by atoms with Crippen LogP contribution in [0.2, 0.25) is 0 Å². The molecule has 378 valence electrons. The normalized spacial score (nSPS) is 13.6. The number of phosphoric acid groups is 1. The third-order valence-corrected chi connectivity index (χ3v) is 13.0. The Bertz CT molecular complexity index is 1140. The molecule has 64 heavy (non-hydrogen) atoms. The van der Waals surface area contributed by atoms with E-state index in [1.165, 1.54) is 186 Å². The first-order chi connectivity index (χ1) is 31.1. The summed E-state index contributed by atoms with van der Waals surface area (Å²) in [4.78, 5) is 46.2. The molecule has 0 fully saturated rings. The highest BCUT2D eigenvalue weighted by Crippen LogP contribution is 2.43. The quantitative estimate of drug-likeness (QED) is 0.0229. The maximum atomic E-state index is 12.7. The molecule has 0 spiro atoms. The summed E-state index contributed by atoms with van der Waals surface area (Å²) in [6, 6.07) is -1.52. The van der Waals surface area contributed by atoms with Gasteiger partial charge in [-0.25, -0.2) is 4.57 Å². The number of rotatable bonds is 51. The van der Waals surface area contributed by atoms with E-state index in [4.69, 9.17) is 24.8 Å². The first kappa shape index (κ1) is 62.2. The summed E-state index contributed by atoms with van der Waals surface area (Å²) < 4.78 is 32.9. The van der Waals surface area contributed by atoms with E-state index in [2.05, 4.69) is 30.5 Å². The number of unbranched alkanes of at least 4 members (excludes halogenated alkanes) is 35. The van der Waals surface area contributed by atoms with Crippen molar-refractivity contribution in [2.75, 3.05) is 19.8 Å². The van der Waals surface area contributed by atoms with Crippen LogP contribution in [0.25, 0.3) is 0 Å². The first-order valence-corrected chi connectivity index (χ1v) is 28.2. The van der Waals surface area contributed by atoms with Gasteiger partial charge in [-0.1, -0.05) is 231 Å². The van der Waals surface area contributed by atoms with Crippen molar-refractivity contribution in [3.05, 3.63) is 12.2 Å². The Labute approximate surface area is 392 Å². The zero-order valence-corrected chi connectivity index (χ0v) is 42.3. The topological polar surface area (TPSA) is 172 Å². The highest BCUT2D eigenvalue weighted by molar-refractivity contribution is 7.47. The summed E-state index contributed by atoms with van der Waals surface area (Å²) in [5.74, 6) is -2.36. The Morgan fingerprint density at radius 2 is 0.781 bits per heavy atom. The fourth-order valence-electron chi connectivity index (χ4n) is 7.83. The Kier molecular flexibility index (Phi) is 46.4. The molecule has 0 saturated carbocycles. The predicted molar refractivity (Wildman–Crippen MR) is 263 cm³/mol. The summed E-state index contributed by atoms with van der Waals surface area (Å²) in [6.07, 6.45) is 51.3. The maximum Gasteiger partial charge on any atom is 0.472 e. The zero-order chi connectivity index (χ0) is 47.0. The molecule has 11 nitrogen and oxygen atoms in total. The maximum absolute atomic E-state index is 12.7. The largest absolute Gasteiger partial charge is 0.480 e. The average molecular weight is 930 g/mol. The van der Waals surface area contributed by atoms with Gasteiger partial charge in [-0.15, -0.1) is 0 Å². The SMILES string of the molecule is CCCCCCCC/C=C/CCCCCCCCCC(=O)OC[C@@H](COP(=O)(O)OC[C@H](N)C(=O)O)OC(=O)CCCCCCCCCCCCCCCCCCCCCCCCC. The summed E-state index contributed by atoms with van der Waals surface area (Å²) in [5, 5.41) is 8.93. The van der Waals surface area contributed by atoms with E-state index in [0.29, 0.717) is 12.8 Å². The number of allylic oxidation sites excluding steroid dienone is 2. The molecule has 0 aromatic carbocycles. The number of hydrogen-bond donors (Lipinski definition) is 3. The average Bonchev–Trinajstić information content (AvgIpc) is 3.27. The molecule has 0 rings (SSSR count). The molecule has 0 radical (unpaired) electrons. The minimum atomic E-state index is -4.72. The number of carbonyl (C=O) groups excluding carboxylic acids is 2. The monoisotopic (exact) mass is 930 g/mol. The Morgan fingerprint density at radius 3 is 1.14 bits per heavy atom. The van der Waals surface area contributed by atoms with Crippen LogP contribution in [-0.4, -0.2) is 59.9 Å². The van der Waals surface area contributed by atoms with Crippen molar-refractivity contribution in [1.29, 1.82) is 0 Å². The van der Waals surface area contributed by atoms with Crippen LogP contribution in [0.1, 0.15) is 271 Å². The summed E-state index contributed by atoms with van der Waals surface area (Å²) >= 11 is 0. The van der Waals surface area contributed by atoms with E-state index in [1.807, 2.05) is 0 Å². The van der Waals surface area contributed by atoms with Gasteiger partial charge in [0.25, 0.3) is 0 Å². The number of phosphoric ester groups is 1. The number of esters is 2. The lowest BCUT2D eigenvalue weighted by molar-refractivity contribution is -0.161. The van der Waals surface area contributed by atoms with Crippen LogP contribution in [0, 0.1) is 0 Å². The third kappa shape index (κ3) is 46.7. The van der Waals surface area contributed by atoms with Crippen molar-refractivity contribution >= 4 is 25.7 Å². The van der Waals surface area contributed by atoms with Gasteiger partial charge < -0.3 is 25.2 Å². The van der Waals surface area contributed by atoms with Gasteiger partial charge in [-0.05, 0) is 38.5 Å². The molecule has 0 saturated heterocycles. The molecular weight excluding hydrogens is 830 g/mol. The van der Waals surface area contributed by atoms with Crippen molar-refractivity contribution in [2.45, 2.75) is 283 Å². The van der Waals surface area contributed by atoms with E-state index >= 15 is 0 Å². The van der Waals surface area contributed by atoms with Crippen LogP contribution < -0.4 is 5.73 Å². The highest BCUT2D eigenvalue weighted by Gasteiger charge is 2.28. The summed E-state index contributed by atoms with van der Waals surface area (Å²) in [7, 11) is -4.72. The second kappa shape index (κ2) is 47.7. The van der Waals surface area contributed by atoms with Crippen LogP contribution in [-0.2, 0) is 37.5 Å². The minimum Gasteiger partial charge on any atom is -0.480 e. The number of carboxylic acid groups (broad SMARTS) is 1. The van der Waals surface area contributed by atoms with Crippen LogP contribution >= 0.6 is 7.82 Å². The molecule has 0 amide bonds. The Balaban J connectivity index is 4.17. The zero-order valence-electron chi connectivity index (χ0n) is 41.4. The molecule has 12 heteroatoms. The van der Waals surface area contributed by atoms with Gasteiger partial charge in [0.2, 0.25) is 0 Å². The van der Waals surface area contributed by atoms with Crippen molar-refractivity contribution in [3.8, 4) is 0 Å². The van der Waals surface area contributed by atoms with Gasteiger partial charge in [-0.2, -0.15) is 0 Å². The van der Waals surface area contributed by atoms with Crippen molar-refractivity contribution in [3.63, 3.8) is 0 Å². The van der Waals surface area contributed by atoms with Crippen molar-refractivity contribution < 1.29 is 47.5 Å². The van der Waals surface area contributed by atoms with Crippen LogP contribution in [0.15, 0.2) is 12.2 Å². The third-order valence-electron chi connectivity index (χ3n) is 12.0. The van der Waals surface area contributed by atoms with E-state index in [9.17, 15) is 23.8 Å². The second-order valence-corrected chi connectivity index (χ2v) is 19.8. The smallest absolute Gasteiger partial charge is 0.472 e. The lowest BCUT2D eigenvalue weighted by Crippen LogP contribution is -2.34. The molecule has 0 aliphatic carbocycles. The molecule has 1 unspecified atom stereocenters. The van der Waals surface area contributed by atoms with Gasteiger partial charge in [0.1, 0.15) is 12.6 Å². The van der Waals surface area contributed by atoms with Gasteiger partial charge >= 0.3 is 25.7 Å². The number of carboxylic acids is 1. The second-order valence-electron chi connectivity index (χ2n) is 18.4. The first-order valence-electron chi connectivity index (χ1n) is 26.7. The molecule has 3 atom stereocenters. The van der Waals surface area contributed by atoms with Gasteiger partial charge in [-0.3, -0.25) is 23.4 Å². The number of ether oxygens (including phenoxy) is 2. The molecule has 0 aliphatic heterocycles. The van der Waals surface area contributed by atoms with Crippen LogP contribution in [0.5, 0.6) is 0 Å². The van der Waals surface area contributed by atoms with E-state index in [0.717, 1.165) is 44.9 Å². The number of hydrogen-bond acceptors (Lipinski definition) is 9. The molecular formula is C52H100NO10P. The van der Waals surface area contributed by atoms with Crippen molar-refractivity contribution in [1.82, 2.24) is 0 Å². The number of nitrogens with two attached hydrogens (primary N) is 1. The summed E-state index contributed by atoms with van der Waals surface area (Å²) in [5.41, 5.74) is 5.36. The molecule has 0 bridgehead atoms. The lowest BCUT2D eigenvalue weighted by Gasteiger charge is -2.20. The Morgan fingerprint density at radius 1 is 0.469 bits per heavy atom. The molecule has 0 aromatic rings. The molecule has 0 aromatic heterocycles. The Hall–Kier alpha value is -1.78. The fraction of sp³-hybridized carbons (Fsp3) is 0.904. The number of carbonyl (C=O) groups is 3. The lowest BCUT2D eigenvalue weighted by atomic mass is 10.0. The van der Waals surface area contributed by atoms with E-state index in [1.54, 1.807) is 0 Å². The molecule has 0 heterocycles. The van der Waals surface area contributed by atoms with Crippen molar-refractivity contribution in [2.24, 2.45) is 5.73 Å². The predicted octanol–water partition coefficient (Wildman–Crippen LogP) is 15.2. The standard InChI is InChI=1S/C52H100NO10P/c1-3-5-7-9-11-13-15-17-19-21-22-23-24-25-26-28-30-32-34-36-38-40-42-44-51(55)63-48(46-61-64(58,59)62-47-49(53)52(56)57)45-60-50(54)43-41-39-37-35-33-31-29-27-20-18-16-14-12-10-8-6-4-2/h18,20,48-49H,3-17,19,21-47,53H2,1-2H3,(H,56,57)(H,58,59)/b20-18+/t48-,49-/m0/s1. The van der Waals surface area contributed by atoms with Gasteiger partial charge in [0, 0.05) is 12.8 Å². The van der Waals surface area contributed by atoms with E-state index < -0.39 is 51.1 Å². The molecule has 4 N–H and O–H groups in total.